The normalized spacial score (nSPS) is 14.5. The molecule has 1 aliphatic rings. The minimum Gasteiger partial charge on any atom is -0.342 e. The van der Waals surface area contributed by atoms with Crippen molar-refractivity contribution in [1.82, 2.24) is 20.1 Å². The molecule has 1 saturated heterocycles. The molecule has 1 fully saturated rings. The van der Waals surface area contributed by atoms with Crippen molar-refractivity contribution in [3.63, 3.8) is 0 Å². The Morgan fingerprint density at radius 2 is 1.90 bits per heavy atom. The first-order chi connectivity index (χ1) is 14.6. The summed E-state index contributed by atoms with van der Waals surface area (Å²) in [6, 6.07) is 15.1. The van der Waals surface area contributed by atoms with E-state index in [9.17, 15) is 9.59 Å². The molecule has 1 aliphatic heterocycles. The summed E-state index contributed by atoms with van der Waals surface area (Å²) in [5.41, 5.74) is 3.13. The Hall–Kier alpha value is -3.48. The molecule has 154 valence electrons. The van der Waals surface area contributed by atoms with Crippen molar-refractivity contribution in [2.45, 2.75) is 25.2 Å². The number of aromatic amines is 1. The summed E-state index contributed by atoms with van der Waals surface area (Å²) < 4.78 is 0. The Bertz CT molecular complexity index is 995. The van der Waals surface area contributed by atoms with Crippen LogP contribution < -0.4 is 4.90 Å². The van der Waals surface area contributed by atoms with Crippen LogP contribution in [-0.2, 0) is 11.2 Å². The monoisotopic (exact) mass is 403 g/mol. The van der Waals surface area contributed by atoms with E-state index in [1.54, 1.807) is 24.3 Å². The third kappa shape index (κ3) is 4.40. The van der Waals surface area contributed by atoms with Crippen molar-refractivity contribution >= 4 is 17.5 Å². The zero-order valence-corrected chi connectivity index (χ0v) is 17.0. The van der Waals surface area contributed by atoms with Gasteiger partial charge >= 0.3 is 0 Å². The summed E-state index contributed by atoms with van der Waals surface area (Å²) >= 11 is 0. The molecule has 3 aromatic rings. The number of aromatic nitrogens is 3. The SMILES string of the molecule is CN(C(=O)c1cc(C2CCN(C(=O)Cc3cccnc3)CC2)[nH]n1)c1ccccc1. The summed E-state index contributed by atoms with van der Waals surface area (Å²) in [5, 5.41) is 7.28. The van der Waals surface area contributed by atoms with E-state index in [0.717, 1.165) is 29.8 Å². The number of carbonyl (C=O) groups excluding carboxylic acids is 2. The molecule has 7 heteroatoms. The Labute approximate surface area is 175 Å². The zero-order valence-electron chi connectivity index (χ0n) is 17.0. The molecule has 0 unspecified atom stereocenters. The Morgan fingerprint density at radius 3 is 2.60 bits per heavy atom. The van der Waals surface area contributed by atoms with Crippen molar-refractivity contribution in [3.05, 3.63) is 77.9 Å². The molecule has 30 heavy (non-hydrogen) atoms. The lowest BCUT2D eigenvalue weighted by Crippen LogP contribution is -2.38. The molecule has 2 aromatic heterocycles. The molecule has 0 bridgehead atoms. The smallest absolute Gasteiger partial charge is 0.278 e. The number of nitrogens with zero attached hydrogens (tertiary/aromatic N) is 4. The fraction of sp³-hybridized carbons (Fsp3) is 0.304. The molecule has 0 radical (unpaired) electrons. The van der Waals surface area contributed by atoms with Crippen LogP contribution in [-0.4, -0.2) is 52.0 Å². The highest BCUT2D eigenvalue weighted by molar-refractivity contribution is 6.04. The van der Waals surface area contributed by atoms with Gasteiger partial charge in [-0.25, -0.2) is 0 Å². The first-order valence-corrected chi connectivity index (χ1v) is 10.2. The van der Waals surface area contributed by atoms with Crippen molar-refractivity contribution in [2.75, 3.05) is 25.0 Å². The molecular weight excluding hydrogens is 378 g/mol. The number of carbonyl (C=O) groups is 2. The van der Waals surface area contributed by atoms with E-state index in [1.165, 1.54) is 0 Å². The van der Waals surface area contributed by atoms with Crippen molar-refractivity contribution in [2.24, 2.45) is 0 Å². The van der Waals surface area contributed by atoms with Gasteiger partial charge in [0.05, 0.1) is 6.42 Å². The van der Waals surface area contributed by atoms with Crippen LogP contribution >= 0.6 is 0 Å². The summed E-state index contributed by atoms with van der Waals surface area (Å²) in [7, 11) is 1.75. The number of para-hydroxylation sites is 1. The van der Waals surface area contributed by atoms with E-state index in [-0.39, 0.29) is 17.7 Å². The van der Waals surface area contributed by atoms with Gasteiger partial charge < -0.3 is 9.80 Å². The molecule has 1 aromatic carbocycles. The summed E-state index contributed by atoms with van der Waals surface area (Å²) in [6.07, 6.45) is 5.53. The number of hydrogen-bond acceptors (Lipinski definition) is 4. The van der Waals surface area contributed by atoms with Crippen LogP contribution in [0, 0.1) is 0 Å². The summed E-state index contributed by atoms with van der Waals surface area (Å²) in [4.78, 5) is 32.9. The number of H-pyrrole nitrogens is 1. The van der Waals surface area contributed by atoms with Crippen molar-refractivity contribution in [1.29, 1.82) is 0 Å². The van der Waals surface area contributed by atoms with E-state index in [2.05, 4.69) is 15.2 Å². The topological polar surface area (TPSA) is 82.2 Å². The minimum atomic E-state index is -0.146. The van der Waals surface area contributed by atoms with Gasteiger partial charge in [-0.2, -0.15) is 5.10 Å². The van der Waals surface area contributed by atoms with Crippen LogP contribution in [0.15, 0.2) is 60.9 Å². The van der Waals surface area contributed by atoms with Crippen LogP contribution in [0.3, 0.4) is 0 Å². The number of nitrogens with one attached hydrogen (secondary N) is 1. The van der Waals surface area contributed by atoms with Crippen LogP contribution in [0.1, 0.15) is 40.5 Å². The quantitative estimate of drug-likeness (QED) is 0.710. The highest BCUT2D eigenvalue weighted by Crippen LogP contribution is 2.28. The highest BCUT2D eigenvalue weighted by atomic mass is 16.2. The number of amides is 2. The zero-order chi connectivity index (χ0) is 20.9. The van der Waals surface area contributed by atoms with Gasteiger partial charge in [-0.05, 0) is 42.7 Å². The molecule has 0 saturated carbocycles. The Kier molecular flexibility index (Phi) is 5.88. The maximum atomic E-state index is 12.7. The van der Waals surface area contributed by atoms with Gasteiger partial charge in [0.1, 0.15) is 0 Å². The number of rotatable bonds is 5. The van der Waals surface area contributed by atoms with Crippen LogP contribution in [0.5, 0.6) is 0 Å². The third-order valence-corrected chi connectivity index (χ3v) is 5.63. The van der Waals surface area contributed by atoms with Crippen molar-refractivity contribution < 1.29 is 9.59 Å². The fourth-order valence-electron chi connectivity index (χ4n) is 3.83. The fourth-order valence-corrected chi connectivity index (χ4v) is 3.83. The number of hydrogen-bond donors (Lipinski definition) is 1. The lowest BCUT2D eigenvalue weighted by atomic mass is 9.93. The van der Waals surface area contributed by atoms with Crippen LogP contribution in [0.4, 0.5) is 5.69 Å². The molecule has 4 rings (SSSR count). The Balaban J connectivity index is 1.34. The molecule has 0 aliphatic carbocycles. The summed E-state index contributed by atoms with van der Waals surface area (Å²) in [6.45, 7) is 1.41. The second kappa shape index (κ2) is 8.90. The molecule has 7 nitrogen and oxygen atoms in total. The average Bonchev–Trinajstić information content (AvgIpc) is 3.30. The molecular formula is C23H25N5O2. The van der Waals surface area contributed by atoms with Gasteiger partial charge in [0.2, 0.25) is 5.91 Å². The Morgan fingerprint density at radius 1 is 1.13 bits per heavy atom. The van der Waals surface area contributed by atoms with E-state index in [1.807, 2.05) is 53.4 Å². The lowest BCUT2D eigenvalue weighted by Gasteiger charge is -2.31. The highest BCUT2D eigenvalue weighted by Gasteiger charge is 2.26. The predicted octanol–water partition coefficient (Wildman–Crippen LogP) is 3.03. The number of likely N-dealkylation sites (tertiary alicyclic amines) is 1. The second-order valence-electron chi connectivity index (χ2n) is 7.60. The van der Waals surface area contributed by atoms with Gasteiger partial charge in [-0.3, -0.25) is 19.7 Å². The van der Waals surface area contributed by atoms with Gasteiger partial charge in [-0.15, -0.1) is 0 Å². The maximum absolute atomic E-state index is 12.7. The minimum absolute atomic E-state index is 0.131. The lowest BCUT2D eigenvalue weighted by molar-refractivity contribution is -0.131. The maximum Gasteiger partial charge on any atom is 0.278 e. The van der Waals surface area contributed by atoms with Crippen LogP contribution in [0.25, 0.3) is 0 Å². The summed E-state index contributed by atoms with van der Waals surface area (Å²) in [5.74, 6) is 0.253. The van der Waals surface area contributed by atoms with Gasteiger partial charge in [0, 0.05) is 49.8 Å². The number of pyridine rings is 1. The van der Waals surface area contributed by atoms with E-state index in [4.69, 9.17) is 0 Å². The van der Waals surface area contributed by atoms with Gasteiger partial charge in [-0.1, -0.05) is 24.3 Å². The van der Waals surface area contributed by atoms with E-state index in [0.29, 0.717) is 25.2 Å². The number of anilines is 1. The van der Waals surface area contributed by atoms with Gasteiger partial charge in [0.25, 0.3) is 5.91 Å². The molecule has 3 heterocycles. The van der Waals surface area contributed by atoms with E-state index < -0.39 is 0 Å². The van der Waals surface area contributed by atoms with E-state index >= 15 is 0 Å². The standard InChI is InChI=1S/C23H25N5O2/c1-27(19-7-3-2-4-8-19)23(30)21-15-20(25-26-21)18-9-12-28(13-10-18)22(29)14-17-6-5-11-24-16-17/h2-8,11,15-16,18H,9-10,12-14H2,1H3,(H,25,26). The van der Waals surface area contributed by atoms with Gasteiger partial charge in [0.15, 0.2) is 5.69 Å². The van der Waals surface area contributed by atoms with Crippen molar-refractivity contribution in [3.8, 4) is 0 Å². The third-order valence-electron chi connectivity index (χ3n) is 5.63. The second-order valence-corrected chi connectivity index (χ2v) is 7.60. The molecule has 1 N–H and O–H groups in total. The number of benzene rings is 1. The number of piperidine rings is 1. The molecule has 0 spiro atoms. The first-order valence-electron chi connectivity index (χ1n) is 10.2. The predicted molar refractivity (Wildman–Crippen MR) is 114 cm³/mol. The average molecular weight is 403 g/mol. The largest absolute Gasteiger partial charge is 0.342 e. The molecule has 2 amide bonds. The molecule has 0 atom stereocenters. The first kappa shape index (κ1) is 19.8. The van der Waals surface area contributed by atoms with Crippen LogP contribution in [0.2, 0.25) is 0 Å².